The number of ether oxygens (including phenoxy) is 1. The minimum absolute atomic E-state index is 0.442. The molecule has 0 aliphatic carbocycles. The van der Waals surface area contributed by atoms with Crippen LogP contribution in [0, 0.1) is 11.6 Å². The number of carbonyl (C=O) groups is 1. The van der Waals surface area contributed by atoms with Crippen molar-refractivity contribution in [2.24, 2.45) is 7.05 Å². The Morgan fingerprint density at radius 3 is 2.52 bits per heavy atom. The molecule has 112 valence electrons. The maximum atomic E-state index is 13.6. The summed E-state index contributed by atoms with van der Waals surface area (Å²) >= 11 is 0. The van der Waals surface area contributed by atoms with Gasteiger partial charge in [-0.2, -0.15) is 13.2 Å². The van der Waals surface area contributed by atoms with Gasteiger partial charge in [-0.25, -0.2) is 9.18 Å². The van der Waals surface area contributed by atoms with Gasteiger partial charge in [0.05, 0.1) is 10.9 Å². The van der Waals surface area contributed by atoms with Gasteiger partial charge in [-0.1, -0.05) is 0 Å². The van der Waals surface area contributed by atoms with Crippen molar-refractivity contribution >= 4 is 16.9 Å². The third kappa shape index (κ3) is 2.41. The molecule has 0 amide bonds. The smallest absolute Gasteiger partial charge is 0.387 e. The van der Waals surface area contributed by atoms with Crippen LogP contribution in [0.4, 0.5) is 17.6 Å². The fraction of sp³-hybridized carbons (Fsp3) is 0.167. The lowest BCUT2D eigenvalue weighted by molar-refractivity contribution is -0.0516. The molecule has 2 rings (SSSR count). The number of aromatic nitrogens is 1. The molecule has 1 heterocycles. The van der Waals surface area contributed by atoms with Crippen molar-refractivity contribution in [3.63, 3.8) is 0 Å². The molecule has 0 fully saturated rings. The number of hydrogen-bond acceptors (Lipinski definition) is 3. The minimum atomic E-state index is -3.45. The van der Waals surface area contributed by atoms with Crippen molar-refractivity contribution in [2.45, 2.75) is 6.61 Å². The molecule has 0 radical (unpaired) electrons. The highest BCUT2D eigenvalue weighted by Crippen LogP contribution is 2.30. The van der Waals surface area contributed by atoms with Crippen LogP contribution in [0.15, 0.2) is 17.1 Å². The Hall–Kier alpha value is -2.58. The summed E-state index contributed by atoms with van der Waals surface area (Å²) in [5.41, 5.74) is -2.31. The number of hydrogen-bond donors (Lipinski definition) is 1. The molecule has 0 saturated carbocycles. The number of aryl methyl sites for hydroxylation is 1. The third-order valence-corrected chi connectivity index (χ3v) is 2.75. The predicted molar refractivity (Wildman–Crippen MR) is 62.7 cm³/mol. The predicted octanol–water partition coefficient (Wildman–Crippen LogP) is 2.12. The number of aromatic carboxylic acids is 1. The van der Waals surface area contributed by atoms with Gasteiger partial charge in [-0.3, -0.25) is 4.79 Å². The molecule has 0 unspecified atom stereocenters. The summed E-state index contributed by atoms with van der Waals surface area (Å²) in [7, 11) is 1.18. The van der Waals surface area contributed by atoms with E-state index in [0.717, 1.165) is 10.8 Å². The Labute approximate surface area is 114 Å². The summed E-state index contributed by atoms with van der Waals surface area (Å²) in [5.74, 6) is -6.03. The molecule has 1 N–H and O–H groups in total. The summed E-state index contributed by atoms with van der Waals surface area (Å²) < 4.78 is 56.4. The van der Waals surface area contributed by atoms with Gasteiger partial charge in [0.25, 0.3) is 0 Å². The van der Waals surface area contributed by atoms with Gasteiger partial charge < -0.3 is 14.4 Å². The fourth-order valence-electron chi connectivity index (χ4n) is 1.93. The largest absolute Gasteiger partial charge is 0.477 e. The summed E-state index contributed by atoms with van der Waals surface area (Å²) in [6.45, 7) is -3.45. The molecule has 9 heteroatoms. The highest BCUT2D eigenvalue weighted by atomic mass is 19.3. The topological polar surface area (TPSA) is 68.5 Å². The molecule has 1 aromatic heterocycles. The molecular weight excluding hydrogens is 298 g/mol. The molecule has 0 atom stereocenters. The van der Waals surface area contributed by atoms with Crippen LogP contribution < -0.4 is 10.2 Å². The van der Waals surface area contributed by atoms with Crippen molar-refractivity contribution in [1.29, 1.82) is 0 Å². The van der Waals surface area contributed by atoms with E-state index >= 15 is 0 Å². The van der Waals surface area contributed by atoms with E-state index in [2.05, 4.69) is 4.74 Å². The van der Waals surface area contributed by atoms with Gasteiger partial charge in [0, 0.05) is 13.2 Å². The summed E-state index contributed by atoms with van der Waals surface area (Å²) in [6.07, 6.45) is 0.808. The van der Waals surface area contributed by atoms with E-state index in [4.69, 9.17) is 5.11 Å². The molecule has 1 aromatic carbocycles. The Bertz CT molecular complexity index is 800. The second-order valence-corrected chi connectivity index (χ2v) is 4.06. The first-order valence-corrected chi connectivity index (χ1v) is 5.43. The number of halogens is 4. The zero-order valence-electron chi connectivity index (χ0n) is 10.4. The molecular formula is C12H7F4NO4. The number of alkyl halides is 2. The fourth-order valence-corrected chi connectivity index (χ4v) is 1.93. The van der Waals surface area contributed by atoms with Crippen molar-refractivity contribution in [3.8, 4) is 5.75 Å². The SMILES string of the molecule is Cn1cc(C(=O)O)c(=O)c2cc(F)c(F)c(OC(F)F)c21. The zero-order valence-corrected chi connectivity index (χ0v) is 10.4. The summed E-state index contributed by atoms with van der Waals surface area (Å²) in [4.78, 5) is 22.8. The molecule has 0 aliphatic heterocycles. The summed E-state index contributed by atoms with van der Waals surface area (Å²) in [6, 6.07) is 0.442. The van der Waals surface area contributed by atoms with E-state index in [-0.39, 0.29) is 0 Å². The number of rotatable bonds is 3. The van der Waals surface area contributed by atoms with Crippen LogP contribution in [0.3, 0.4) is 0 Å². The second-order valence-electron chi connectivity index (χ2n) is 4.06. The normalized spacial score (nSPS) is 11.1. The quantitative estimate of drug-likeness (QED) is 0.882. The lowest BCUT2D eigenvalue weighted by atomic mass is 10.1. The molecule has 0 aliphatic rings. The highest BCUT2D eigenvalue weighted by Gasteiger charge is 2.23. The van der Waals surface area contributed by atoms with E-state index in [1.807, 2.05) is 0 Å². The average molecular weight is 305 g/mol. The molecule has 21 heavy (non-hydrogen) atoms. The standard InChI is InChI=1S/C12H7F4NO4/c1-17-3-5(11(19)20)9(18)4-2-6(13)7(14)10(8(4)17)21-12(15)16/h2-3,12H,1H3,(H,19,20). The van der Waals surface area contributed by atoms with Crippen LogP contribution in [0.25, 0.3) is 10.9 Å². The maximum absolute atomic E-state index is 13.6. The monoisotopic (exact) mass is 305 g/mol. The van der Waals surface area contributed by atoms with E-state index in [1.54, 1.807) is 0 Å². The first kappa shape index (κ1) is 14.8. The number of pyridine rings is 1. The van der Waals surface area contributed by atoms with Crippen LogP contribution in [-0.2, 0) is 7.05 Å². The molecule has 0 spiro atoms. The van der Waals surface area contributed by atoms with Crippen LogP contribution in [0.1, 0.15) is 10.4 Å². The van der Waals surface area contributed by atoms with Crippen molar-refractivity contribution < 1.29 is 32.2 Å². The van der Waals surface area contributed by atoms with Gasteiger partial charge in [0.2, 0.25) is 11.2 Å². The first-order chi connectivity index (χ1) is 9.73. The van der Waals surface area contributed by atoms with E-state index in [9.17, 15) is 27.2 Å². The van der Waals surface area contributed by atoms with Gasteiger partial charge >= 0.3 is 12.6 Å². The molecule has 2 aromatic rings. The van der Waals surface area contributed by atoms with Crippen LogP contribution >= 0.6 is 0 Å². The van der Waals surface area contributed by atoms with Gasteiger partial charge in [0.15, 0.2) is 11.6 Å². The van der Waals surface area contributed by atoms with Crippen molar-refractivity contribution in [1.82, 2.24) is 4.57 Å². The lowest BCUT2D eigenvalue weighted by Gasteiger charge is -2.13. The average Bonchev–Trinajstić information content (AvgIpc) is 2.38. The highest BCUT2D eigenvalue weighted by molar-refractivity contribution is 5.94. The number of nitrogens with zero attached hydrogens (tertiary/aromatic N) is 1. The van der Waals surface area contributed by atoms with Crippen molar-refractivity contribution in [2.75, 3.05) is 0 Å². The Balaban J connectivity index is 2.97. The molecule has 0 bridgehead atoms. The Morgan fingerprint density at radius 1 is 1.38 bits per heavy atom. The third-order valence-electron chi connectivity index (χ3n) is 2.75. The number of carboxylic acid groups (broad SMARTS) is 1. The Morgan fingerprint density at radius 2 is 2.00 bits per heavy atom. The lowest BCUT2D eigenvalue weighted by Crippen LogP contribution is -2.19. The maximum Gasteiger partial charge on any atom is 0.387 e. The first-order valence-electron chi connectivity index (χ1n) is 5.43. The Kier molecular flexibility index (Phi) is 3.58. The number of benzene rings is 1. The molecule has 0 saturated heterocycles. The zero-order chi connectivity index (χ0) is 15.9. The van der Waals surface area contributed by atoms with Gasteiger partial charge in [-0.15, -0.1) is 0 Å². The van der Waals surface area contributed by atoms with Crippen LogP contribution in [0.5, 0.6) is 5.75 Å². The minimum Gasteiger partial charge on any atom is -0.477 e. The second kappa shape index (κ2) is 5.08. The van der Waals surface area contributed by atoms with E-state index in [1.165, 1.54) is 7.05 Å². The van der Waals surface area contributed by atoms with Crippen LogP contribution in [-0.4, -0.2) is 22.3 Å². The van der Waals surface area contributed by atoms with Gasteiger partial charge in [0.1, 0.15) is 5.56 Å². The number of fused-ring (bicyclic) bond motifs is 1. The van der Waals surface area contributed by atoms with Gasteiger partial charge in [-0.05, 0) is 6.07 Å². The van der Waals surface area contributed by atoms with E-state index < -0.39 is 51.9 Å². The van der Waals surface area contributed by atoms with E-state index in [0.29, 0.717) is 6.07 Å². The molecule has 5 nitrogen and oxygen atoms in total. The summed E-state index contributed by atoms with van der Waals surface area (Å²) in [5, 5.41) is 8.28. The number of carboxylic acids is 1. The van der Waals surface area contributed by atoms with Crippen molar-refractivity contribution in [3.05, 3.63) is 39.7 Å². The van der Waals surface area contributed by atoms with Crippen LogP contribution in [0.2, 0.25) is 0 Å².